The lowest BCUT2D eigenvalue weighted by atomic mass is 10.1. The zero-order valence-corrected chi connectivity index (χ0v) is 18.1. The van der Waals surface area contributed by atoms with Gasteiger partial charge in [0.15, 0.2) is 5.13 Å². The molecule has 1 saturated heterocycles. The zero-order chi connectivity index (χ0) is 21.0. The molecule has 2 atom stereocenters. The third kappa shape index (κ3) is 5.43. The van der Waals surface area contributed by atoms with Crippen molar-refractivity contribution in [1.82, 2.24) is 14.8 Å². The highest BCUT2D eigenvalue weighted by Gasteiger charge is 2.30. The van der Waals surface area contributed by atoms with Gasteiger partial charge in [-0.2, -0.15) is 0 Å². The van der Waals surface area contributed by atoms with E-state index in [1.165, 1.54) is 0 Å². The molecule has 2 aromatic heterocycles. The van der Waals surface area contributed by atoms with Gasteiger partial charge >= 0.3 is 5.97 Å². The Balaban J connectivity index is 1.54. The van der Waals surface area contributed by atoms with Crippen LogP contribution in [-0.2, 0) is 16.1 Å². The van der Waals surface area contributed by atoms with Crippen LogP contribution in [0.3, 0.4) is 0 Å². The molecule has 0 aromatic carbocycles. The number of thiazole rings is 1. The first-order valence-corrected chi connectivity index (χ1v) is 10.6. The van der Waals surface area contributed by atoms with Crippen LogP contribution < -0.4 is 5.32 Å². The van der Waals surface area contributed by atoms with Crippen LogP contribution >= 0.6 is 11.3 Å². The number of carbonyl (C=O) groups excluding carboxylic acids is 2. The molecule has 1 amide bonds. The molecule has 1 N–H and O–H groups in total. The number of amides is 1. The van der Waals surface area contributed by atoms with E-state index in [1.807, 2.05) is 12.1 Å². The summed E-state index contributed by atoms with van der Waals surface area (Å²) in [6, 6.07) is 4.43. The first kappa shape index (κ1) is 21.5. The zero-order valence-electron chi connectivity index (χ0n) is 17.3. The smallest absolute Gasteiger partial charge is 0.350 e. The Labute approximate surface area is 174 Å². The Morgan fingerprint density at radius 3 is 2.72 bits per heavy atom. The Kier molecular flexibility index (Phi) is 7.05. The van der Waals surface area contributed by atoms with Gasteiger partial charge < -0.3 is 14.5 Å². The molecule has 3 rings (SSSR count). The number of esters is 1. The highest BCUT2D eigenvalue weighted by atomic mass is 32.1. The number of ether oxygens (including phenoxy) is 1. The molecular formula is C20H28N4O4S. The second-order valence-electron chi connectivity index (χ2n) is 7.34. The molecule has 1 aliphatic rings. The monoisotopic (exact) mass is 420 g/mol. The minimum Gasteiger partial charge on any atom is -0.468 e. The van der Waals surface area contributed by atoms with E-state index in [-0.39, 0.29) is 18.5 Å². The van der Waals surface area contributed by atoms with Crippen LogP contribution in [-0.4, -0.2) is 65.0 Å². The van der Waals surface area contributed by atoms with E-state index in [4.69, 9.17) is 9.15 Å². The third-order valence-corrected chi connectivity index (χ3v) is 6.09. The topological polar surface area (TPSA) is 87.9 Å². The standard InChI is InChI=1S/C20H28N4O4S/c1-5-27-19(26)18-15(4)21-20(29-18)22-17(25)12-24-10-13(2)23(9-14(24)3)11-16-7-6-8-28-16/h6-8,13-14H,5,9-12H2,1-4H3,(H,21,22,25)/t13-,14-/m1/s1. The Bertz CT molecular complexity index is 836. The van der Waals surface area contributed by atoms with Crippen molar-refractivity contribution in [3.05, 3.63) is 34.7 Å². The van der Waals surface area contributed by atoms with Crippen LogP contribution in [0.25, 0.3) is 0 Å². The van der Waals surface area contributed by atoms with Crippen LogP contribution in [0.15, 0.2) is 22.8 Å². The molecule has 3 heterocycles. The second-order valence-corrected chi connectivity index (χ2v) is 8.34. The lowest BCUT2D eigenvalue weighted by molar-refractivity contribution is -0.118. The molecule has 0 radical (unpaired) electrons. The van der Waals surface area contributed by atoms with Crippen molar-refractivity contribution in [3.8, 4) is 0 Å². The maximum absolute atomic E-state index is 12.6. The van der Waals surface area contributed by atoms with Gasteiger partial charge in [0.2, 0.25) is 5.91 Å². The summed E-state index contributed by atoms with van der Waals surface area (Å²) in [5, 5.41) is 3.24. The highest BCUT2D eigenvalue weighted by Crippen LogP contribution is 2.24. The van der Waals surface area contributed by atoms with E-state index in [0.717, 1.165) is 36.7 Å². The number of nitrogens with one attached hydrogen (secondary N) is 1. The van der Waals surface area contributed by atoms with Crippen molar-refractivity contribution < 1.29 is 18.7 Å². The number of piperazine rings is 1. The van der Waals surface area contributed by atoms with Gasteiger partial charge in [-0.3, -0.25) is 14.6 Å². The van der Waals surface area contributed by atoms with Gasteiger partial charge in [0.25, 0.3) is 0 Å². The Morgan fingerprint density at radius 1 is 1.31 bits per heavy atom. The SMILES string of the molecule is CCOC(=O)c1sc(NC(=O)CN2C[C@@H](C)N(Cc3ccco3)C[C@H]2C)nc1C. The molecular weight excluding hydrogens is 392 g/mol. The van der Waals surface area contributed by atoms with Crippen LogP contribution in [0.1, 0.15) is 41.9 Å². The maximum atomic E-state index is 12.6. The quantitative estimate of drug-likeness (QED) is 0.689. The second kappa shape index (κ2) is 9.51. The molecule has 8 nitrogen and oxygen atoms in total. The molecule has 0 saturated carbocycles. The predicted octanol–water partition coefficient (Wildman–Crippen LogP) is 2.75. The number of carbonyl (C=O) groups is 2. The summed E-state index contributed by atoms with van der Waals surface area (Å²) in [7, 11) is 0. The molecule has 1 fully saturated rings. The van der Waals surface area contributed by atoms with Crippen LogP contribution in [0, 0.1) is 6.92 Å². The van der Waals surface area contributed by atoms with E-state index in [0.29, 0.717) is 28.4 Å². The van der Waals surface area contributed by atoms with Crippen molar-refractivity contribution in [2.24, 2.45) is 0 Å². The van der Waals surface area contributed by atoms with Gasteiger partial charge in [0, 0.05) is 25.2 Å². The molecule has 9 heteroatoms. The Hall–Kier alpha value is -2.23. The molecule has 0 unspecified atom stereocenters. The van der Waals surface area contributed by atoms with E-state index in [1.54, 1.807) is 20.1 Å². The summed E-state index contributed by atoms with van der Waals surface area (Å²) >= 11 is 1.15. The van der Waals surface area contributed by atoms with Crippen molar-refractivity contribution in [2.45, 2.75) is 46.3 Å². The lowest BCUT2D eigenvalue weighted by Gasteiger charge is -2.43. The van der Waals surface area contributed by atoms with Gasteiger partial charge in [-0.1, -0.05) is 11.3 Å². The number of aromatic nitrogens is 1. The minimum atomic E-state index is -0.405. The lowest BCUT2D eigenvalue weighted by Crippen LogP contribution is -2.57. The number of hydrogen-bond donors (Lipinski definition) is 1. The summed E-state index contributed by atoms with van der Waals surface area (Å²) in [6.45, 7) is 10.8. The summed E-state index contributed by atoms with van der Waals surface area (Å²) in [6.07, 6.45) is 1.69. The molecule has 0 aliphatic carbocycles. The van der Waals surface area contributed by atoms with Crippen LogP contribution in [0.5, 0.6) is 0 Å². The molecule has 0 bridgehead atoms. The third-order valence-electron chi connectivity index (χ3n) is 5.03. The fraction of sp³-hybridized carbons (Fsp3) is 0.550. The van der Waals surface area contributed by atoms with Crippen LogP contribution in [0.2, 0.25) is 0 Å². The molecule has 1 aliphatic heterocycles. The van der Waals surface area contributed by atoms with Gasteiger partial charge in [0.1, 0.15) is 10.6 Å². The number of anilines is 1. The first-order valence-electron chi connectivity index (χ1n) is 9.82. The Morgan fingerprint density at radius 2 is 2.03 bits per heavy atom. The van der Waals surface area contributed by atoms with Crippen molar-refractivity contribution in [1.29, 1.82) is 0 Å². The van der Waals surface area contributed by atoms with Crippen LogP contribution in [0.4, 0.5) is 5.13 Å². The highest BCUT2D eigenvalue weighted by molar-refractivity contribution is 7.17. The van der Waals surface area contributed by atoms with Gasteiger partial charge in [-0.25, -0.2) is 9.78 Å². The van der Waals surface area contributed by atoms with Crippen molar-refractivity contribution in [2.75, 3.05) is 31.6 Å². The molecule has 158 valence electrons. The fourth-order valence-electron chi connectivity index (χ4n) is 3.49. The number of nitrogens with zero attached hydrogens (tertiary/aromatic N) is 3. The van der Waals surface area contributed by atoms with Gasteiger partial charge in [0.05, 0.1) is 31.7 Å². The molecule has 0 spiro atoms. The first-order chi connectivity index (χ1) is 13.9. The summed E-state index contributed by atoms with van der Waals surface area (Å²) < 4.78 is 10.5. The average molecular weight is 421 g/mol. The fourth-order valence-corrected chi connectivity index (χ4v) is 4.37. The largest absolute Gasteiger partial charge is 0.468 e. The van der Waals surface area contributed by atoms with Crippen molar-refractivity contribution >= 4 is 28.3 Å². The van der Waals surface area contributed by atoms with E-state index in [2.05, 4.69) is 33.9 Å². The minimum absolute atomic E-state index is 0.132. The van der Waals surface area contributed by atoms with E-state index < -0.39 is 5.97 Å². The maximum Gasteiger partial charge on any atom is 0.350 e. The normalized spacial score (nSPS) is 20.6. The number of furan rings is 1. The average Bonchev–Trinajstić information content (AvgIpc) is 3.29. The predicted molar refractivity (Wildman–Crippen MR) is 111 cm³/mol. The van der Waals surface area contributed by atoms with Gasteiger partial charge in [-0.05, 0) is 39.8 Å². The number of hydrogen-bond acceptors (Lipinski definition) is 8. The van der Waals surface area contributed by atoms with E-state index in [9.17, 15) is 9.59 Å². The number of aryl methyl sites for hydroxylation is 1. The number of rotatable bonds is 7. The summed E-state index contributed by atoms with van der Waals surface area (Å²) in [4.78, 5) is 33.7. The van der Waals surface area contributed by atoms with E-state index >= 15 is 0 Å². The van der Waals surface area contributed by atoms with Gasteiger partial charge in [-0.15, -0.1) is 0 Å². The summed E-state index contributed by atoms with van der Waals surface area (Å²) in [5.74, 6) is 0.414. The summed E-state index contributed by atoms with van der Waals surface area (Å²) in [5.41, 5.74) is 0.567. The molecule has 2 aromatic rings. The molecule has 29 heavy (non-hydrogen) atoms. The van der Waals surface area contributed by atoms with Crippen molar-refractivity contribution in [3.63, 3.8) is 0 Å².